The van der Waals surface area contributed by atoms with Gasteiger partial charge >= 0.3 is 0 Å². The van der Waals surface area contributed by atoms with Gasteiger partial charge in [-0.1, -0.05) is 20.8 Å². The number of rotatable bonds is 5. The summed E-state index contributed by atoms with van der Waals surface area (Å²) in [6.45, 7) is 9.04. The number of allylic oxidation sites excluding steroid dienone is 2. The van der Waals surface area contributed by atoms with Crippen LogP contribution in [0.3, 0.4) is 0 Å². The number of benzene rings is 1. The summed E-state index contributed by atoms with van der Waals surface area (Å²) in [5.74, 6) is 3.84. The Bertz CT molecular complexity index is 795. The molecular weight excluding hydrogens is 338 g/mol. The van der Waals surface area contributed by atoms with E-state index in [4.69, 9.17) is 9.47 Å². The monoisotopic (exact) mass is 369 g/mol. The lowest BCUT2D eigenvalue weighted by atomic mass is 9.45. The third-order valence-corrected chi connectivity index (χ3v) is 7.49. The molecule has 0 amide bonds. The lowest BCUT2D eigenvalue weighted by Gasteiger charge is -2.61. The maximum Gasteiger partial charge on any atom is 0.163 e. The van der Waals surface area contributed by atoms with E-state index in [0.717, 1.165) is 53.1 Å². The van der Waals surface area contributed by atoms with Gasteiger partial charge in [0.15, 0.2) is 17.3 Å². The first kappa shape index (κ1) is 18.4. The molecule has 3 saturated carbocycles. The third-order valence-electron chi connectivity index (χ3n) is 7.49. The van der Waals surface area contributed by atoms with Crippen molar-refractivity contribution in [3.63, 3.8) is 0 Å². The molecule has 27 heavy (non-hydrogen) atoms. The van der Waals surface area contributed by atoms with Gasteiger partial charge in [-0.25, -0.2) is 0 Å². The van der Waals surface area contributed by atoms with Gasteiger partial charge in [-0.3, -0.25) is 4.79 Å². The molecule has 146 valence electrons. The molecule has 1 N–H and O–H groups in total. The lowest BCUT2D eigenvalue weighted by Crippen LogP contribution is -2.57. The van der Waals surface area contributed by atoms with E-state index in [2.05, 4.69) is 26.1 Å². The summed E-state index contributed by atoms with van der Waals surface area (Å²) in [5, 5.41) is 3.42. The zero-order valence-corrected chi connectivity index (χ0v) is 17.1. The van der Waals surface area contributed by atoms with Crippen molar-refractivity contribution in [1.29, 1.82) is 0 Å². The summed E-state index contributed by atoms with van der Waals surface area (Å²) < 4.78 is 12.0. The van der Waals surface area contributed by atoms with Gasteiger partial charge in [-0.15, -0.1) is 0 Å². The highest BCUT2D eigenvalue weighted by Crippen LogP contribution is 2.61. The van der Waals surface area contributed by atoms with Crippen LogP contribution in [0.15, 0.2) is 29.5 Å². The van der Waals surface area contributed by atoms with E-state index in [1.807, 2.05) is 25.1 Å². The second-order valence-electron chi connectivity index (χ2n) is 9.13. The lowest BCUT2D eigenvalue weighted by molar-refractivity contribution is -0.147. The SMILES string of the molecule is COc1ccc(NC2=C(C)C(=O)CC2)cc1O[C@@H]1C[C@H]2C[C@@H]([C@@H]1C)C2(C)C. The minimum absolute atomic E-state index is 0.236. The highest BCUT2D eigenvalue weighted by molar-refractivity contribution is 5.98. The number of ether oxygens (including phenoxy) is 2. The molecule has 1 aromatic rings. The van der Waals surface area contributed by atoms with Crippen molar-refractivity contribution in [2.45, 2.75) is 59.5 Å². The number of hydrogen-bond acceptors (Lipinski definition) is 4. The number of hydrogen-bond donors (Lipinski definition) is 1. The Morgan fingerprint density at radius 1 is 1.15 bits per heavy atom. The first-order valence-corrected chi connectivity index (χ1v) is 10.2. The van der Waals surface area contributed by atoms with Crippen LogP contribution in [0.5, 0.6) is 11.5 Å². The van der Waals surface area contributed by atoms with Crippen molar-refractivity contribution >= 4 is 11.5 Å². The molecule has 4 atom stereocenters. The van der Waals surface area contributed by atoms with Gasteiger partial charge in [0.25, 0.3) is 0 Å². The normalized spacial score (nSPS) is 31.5. The number of anilines is 1. The van der Waals surface area contributed by atoms with Crippen LogP contribution in [0.1, 0.15) is 53.4 Å². The second kappa shape index (κ2) is 6.57. The first-order chi connectivity index (χ1) is 12.8. The Balaban J connectivity index is 1.53. The van der Waals surface area contributed by atoms with Crippen molar-refractivity contribution in [2.75, 3.05) is 12.4 Å². The van der Waals surface area contributed by atoms with Gasteiger partial charge in [0.2, 0.25) is 0 Å². The number of carbonyl (C=O) groups excluding carboxylic acids is 1. The van der Waals surface area contributed by atoms with Crippen LogP contribution in [0.4, 0.5) is 5.69 Å². The van der Waals surface area contributed by atoms with Crippen molar-refractivity contribution in [3.8, 4) is 11.5 Å². The molecule has 3 fully saturated rings. The molecule has 0 heterocycles. The Morgan fingerprint density at radius 2 is 1.93 bits per heavy atom. The van der Waals surface area contributed by atoms with Gasteiger partial charge in [0, 0.05) is 29.4 Å². The maximum absolute atomic E-state index is 11.8. The highest BCUT2D eigenvalue weighted by Gasteiger charge is 2.57. The molecule has 0 unspecified atom stereocenters. The highest BCUT2D eigenvalue weighted by atomic mass is 16.5. The number of fused-ring (bicyclic) bond motifs is 2. The number of methoxy groups -OCH3 is 1. The van der Waals surface area contributed by atoms with E-state index in [0.29, 0.717) is 17.8 Å². The van der Waals surface area contributed by atoms with E-state index < -0.39 is 0 Å². The Labute approximate surface area is 162 Å². The van der Waals surface area contributed by atoms with E-state index in [9.17, 15) is 4.79 Å². The van der Waals surface area contributed by atoms with Crippen LogP contribution in [-0.2, 0) is 4.79 Å². The van der Waals surface area contributed by atoms with Gasteiger partial charge in [-0.2, -0.15) is 0 Å². The Kier molecular flexibility index (Phi) is 4.48. The smallest absolute Gasteiger partial charge is 0.163 e. The molecule has 2 bridgehead atoms. The molecule has 0 radical (unpaired) electrons. The summed E-state index contributed by atoms with van der Waals surface area (Å²) >= 11 is 0. The second-order valence-corrected chi connectivity index (χ2v) is 9.13. The van der Waals surface area contributed by atoms with Crippen molar-refractivity contribution in [2.24, 2.45) is 23.2 Å². The average Bonchev–Trinajstić information content (AvgIpc) is 2.95. The number of Topliss-reactive ketones (excluding diaryl/α,β-unsaturated/α-hetero) is 1. The fraction of sp³-hybridized carbons (Fsp3) is 0.609. The minimum Gasteiger partial charge on any atom is -0.493 e. The number of nitrogens with one attached hydrogen (secondary N) is 1. The standard InChI is InChI=1S/C23H31NO3/c1-13-17-10-15(23(17,3)4)11-21(13)27-22-12-16(6-9-20(22)26-5)24-18-7-8-19(25)14(18)2/h6,9,12-13,15,17,21,24H,7-8,10-11H2,1-5H3/t13-,15+,17-,21+/m0/s1. The van der Waals surface area contributed by atoms with Crippen molar-refractivity contribution < 1.29 is 14.3 Å². The average molecular weight is 370 g/mol. The summed E-state index contributed by atoms with van der Waals surface area (Å²) in [6, 6.07) is 5.95. The Hall–Kier alpha value is -1.97. The molecule has 4 nitrogen and oxygen atoms in total. The summed E-state index contributed by atoms with van der Waals surface area (Å²) in [6.07, 6.45) is 4.08. The van der Waals surface area contributed by atoms with Gasteiger partial charge in [-0.05, 0) is 61.5 Å². The molecule has 1 aromatic carbocycles. The molecule has 0 aromatic heterocycles. The van der Waals surface area contributed by atoms with Crippen molar-refractivity contribution in [3.05, 3.63) is 29.5 Å². The molecule has 5 rings (SSSR count). The predicted octanol–water partition coefficient (Wildman–Crippen LogP) is 5.19. The van der Waals surface area contributed by atoms with E-state index in [1.165, 1.54) is 6.42 Å². The molecule has 0 aliphatic heterocycles. The minimum atomic E-state index is 0.236. The van der Waals surface area contributed by atoms with Crippen LogP contribution in [0.25, 0.3) is 0 Å². The zero-order chi connectivity index (χ0) is 19.3. The topological polar surface area (TPSA) is 47.6 Å². The molecule has 4 heteroatoms. The van der Waals surface area contributed by atoms with Gasteiger partial charge in [0.05, 0.1) is 7.11 Å². The van der Waals surface area contributed by atoms with Crippen LogP contribution >= 0.6 is 0 Å². The van der Waals surface area contributed by atoms with Crippen LogP contribution in [0, 0.1) is 23.2 Å². The van der Waals surface area contributed by atoms with E-state index >= 15 is 0 Å². The molecular formula is C23H31NO3. The van der Waals surface area contributed by atoms with Crippen LogP contribution in [-0.4, -0.2) is 19.0 Å². The molecule has 0 saturated heterocycles. The van der Waals surface area contributed by atoms with Crippen LogP contribution in [0.2, 0.25) is 0 Å². The Morgan fingerprint density at radius 3 is 2.52 bits per heavy atom. The molecule has 4 aliphatic carbocycles. The zero-order valence-electron chi connectivity index (χ0n) is 17.1. The largest absolute Gasteiger partial charge is 0.493 e. The maximum atomic E-state index is 11.8. The summed E-state index contributed by atoms with van der Waals surface area (Å²) in [5.41, 5.74) is 3.26. The third kappa shape index (κ3) is 3.03. The predicted molar refractivity (Wildman–Crippen MR) is 107 cm³/mol. The first-order valence-electron chi connectivity index (χ1n) is 10.2. The fourth-order valence-electron chi connectivity index (χ4n) is 5.38. The number of ketones is 1. The quantitative estimate of drug-likeness (QED) is 0.775. The van der Waals surface area contributed by atoms with E-state index in [1.54, 1.807) is 7.11 Å². The van der Waals surface area contributed by atoms with E-state index in [-0.39, 0.29) is 11.9 Å². The fourth-order valence-corrected chi connectivity index (χ4v) is 5.38. The van der Waals surface area contributed by atoms with Crippen LogP contribution < -0.4 is 14.8 Å². The molecule has 0 spiro atoms. The van der Waals surface area contributed by atoms with Crippen molar-refractivity contribution in [1.82, 2.24) is 0 Å². The number of carbonyl (C=O) groups is 1. The van der Waals surface area contributed by atoms with Gasteiger partial charge < -0.3 is 14.8 Å². The van der Waals surface area contributed by atoms with Gasteiger partial charge in [0.1, 0.15) is 6.10 Å². The summed E-state index contributed by atoms with van der Waals surface area (Å²) in [7, 11) is 1.68. The molecule has 4 aliphatic rings. The summed E-state index contributed by atoms with van der Waals surface area (Å²) in [4.78, 5) is 11.8.